The largest absolute Gasteiger partial charge is 0.390 e. The molecule has 0 aromatic heterocycles. The molecule has 1 fully saturated rings. The molecule has 0 aliphatic heterocycles. The zero-order valence-corrected chi connectivity index (χ0v) is 16.8. The van der Waals surface area contributed by atoms with Crippen LogP contribution in [0.25, 0.3) is 0 Å². The number of rotatable bonds is 9. The van der Waals surface area contributed by atoms with Gasteiger partial charge in [0.25, 0.3) is 0 Å². The zero-order chi connectivity index (χ0) is 20.8. The topological polar surface area (TPSA) is 139 Å². The highest BCUT2D eigenvalue weighted by molar-refractivity contribution is 5.76. The van der Waals surface area contributed by atoms with Crippen LogP contribution in [0.3, 0.4) is 0 Å². The van der Waals surface area contributed by atoms with Gasteiger partial charge in [-0.05, 0) is 31.1 Å². The Hall–Kier alpha value is -0.770. The van der Waals surface area contributed by atoms with Gasteiger partial charge in [0.1, 0.15) is 18.3 Å². The average molecular weight is 392 g/mol. The maximum absolute atomic E-state index is 12.0. The third-order valence-corrected chi connectivity index (χ3v) is 5.18. The van der Waals surface area contributed by atoms with Crippen LogP contribution in [0.2, 0.25) is 0 Å². The first-order valence-electron chi connectivity index (χ1n) is 9.83. The Balaban J connectivity index is 2.85. The maximum Gasteiger partial charge on any atom is 0.220 e. The van der Waals surface area contributed by atoms with Crippen LogP contribution in [0, 0.1) is 5.41 Å². The number of hydrogen-bond donors (Lipinski definition) is 6. The van der Waals surface area contributed by atoms with E-state index in [2.05, 4.69) is 5.32 Å². The minimum absolute atomic E-state index is 0.131. The molecule has 8 heteroatoms. The number of nitrogens with one attached hydrogen (secondary N) is 1. The second kappa shape index (κ2) is 10.7. The van der Waals surface area contributed by atoms with Crippen LogP contribution in [-0.4, -0.2) is 80.7 Å². The molecule has 1 aliphatic rings. The van der Waals surface area contributed by atoms with E-state index in [-0.39, 0.29) is 24.3 Å². The van der Waals surface area contributed by atoms with Gasteiger partial charge in [-0.3, -0.25) is 4.79 Å². The predicted molar refractivity (Wildman–Crippen MR) is 99.9 cm³/mol. The molecule has 0 saturated heterocycles. The Morgan fingerprint density at radius 3 is 2.33 bits per heavy atom. The fraction of sp³-hybridized carbons (Fsp3) is 0.947. The Labute approximate surface area is 161 Å². The van der Waals surface area contributed by atoms with E-state index < -0.39 is 42.7 Å². The van der Waals surface area contributed by atoms with Crippen molar-refractivity contribution in [1.82, 2.24) is 5.32 Å². The lowest BCUT2D eigenvalue weighted by atomic mass is 9.83. The van der Waals surface area contributed by atoms with Gasteiger partial charge in [0.2, 0.25) is 5.91 Å². The lowest BCUT2D eigenvalue weighted by Gasteiger charge is -2.32. The molecule has 27 heavy (non-hydrogen) atoms. The quantitative estimate of drug-likeness (QED) is 0.296. The Bertz CT molecular complexity index is 459. The van der Waals surface area contributed by atoms with Gasteiger partial charge >= 0.3 is 0 Å². The van der Waals surface area contributed by atoms with E-state index in [0.29, 0.717) is 25.7 Å². The Morgan fingerprint density at radius 1 is 1.15 bits per heavy atom. The summed E-state index contributed by atoms with van der Waals surface area (Å²) in [6.45, 7) is 7.27. The first-order valence-corrected chi connectivity index (χ1v) is 9.83. The van der Waals surface area contributed by atoms with E-state index in [1.54, 1.807) is 6.92 Å². The fourth-order valence-electron chi connectivity index (χ4n) is 3.51. The molecule has 0 bridgehead atoms. The van der Waals surface area contributed by atoms with Gasteiger partial charge in [0.05, 0.1) is 31.0 Å². The van der Waals surface area contributed by atoms with Crippen molar-refractivity contribution < 1.29 is 35.1 Å². The summed E-state index contributed by atoms with van der Waals surface area (Å²) in [5.41, 5.74) is -0.370. The molecule has 7 atom stereocenters. The Morgan fingerprint density at radius 2 is 1.78 bits per heavy atom. The van der Waals surface area contributed by atoms with Crippen LogP contribution in [-0.2, 0) is 9.53 Å². The van der Waals surface area contributed by atoms with Gasteiger partial charge in [-0.15, -0.1) is 0 Å². The van der Waals surface area contributed by atoms with E-state index in [9.17, 15) is 30.3 Å². The number of ether oxygens (including phenoxy) is 1. The molecule has 1 aliphatic carbocycles. The molecular weight excluding hydrogens is 354 g/mol. The highest BCUT2D eigenvalue weighted by Crippen LogP contribution is 2.35. The van der Waals surface area contributed by atoms with Crippen molar-refractivity contribution >= 4 is 5.91 Å². The van der Waals surface area contributed by atoms with Crippen molar-refractivity contribution in [2.45, 2.75) is 102 Å². The van der Waals surface area contributed by atoms with Crippen LogP contribution in [0.15, 0.2) is 0 Å². The summed E-state index contributed by atoms with van der Waals surface area (Å²) < 4.78 is 5.78. The molecule has 0 aromatic carbocycles. The summed E-state index contributed by atoms with van der Waals surface area (Å²) in [5.74, 6) is -0.259. The number of aliphatic hydroxyl groups excluding tert-OH is 5. The third kappa shape index (κ3) is 7.29. The molecule has 0 heterocycles. The van der Waals surface area contributed by atoms with Crippen molar-refractivity contribution in [1.29, 1.82) is 0 Å². The van der Waals surface area contributed by atoms with Crippen LogP contribution < -0.4 is 5.32 Å². The summed E-state index contributed by atoms with van der Waals surface area (Å²) in [6.07, 6.45) is -4.75. The van der Waals surface area contributed by atoms with Crippen molar-refractivity contribution in [2.75, 3.05) is 6.61 Å². The van der Waals surface area contributed by atoms with Gasteiger partial charge in [-0.25, -0.2) is 0 Å². The first-order chi connectivity index (χ1) is 12.5. The summed E-state index contributed by atoms with van der Waals surface area (Å²) in [7, 11) is 0. The molecule has 0 unspecified atom stereocenters. The monoisotopic (exact) mass is 391 g/mol. The van der Waals surface area contributed by atoms with Gasteiger partial charge in [0, 0.05) is 6.42 Å². The van der Waals surface area contributed by atoms with E-state index in [0.717, 1.165) is 0 Å². The normalized spacial score (nSPS) is 31.6. The maximum atomic E-state index is 12.0. The molecule has 1 amide bonds. The molecular formula is C19H37NO7. The Kier molecular flexibility index (Phi) is 9.61. The molecule has 0 spiro atoms. The van der Waals surface area contributed by atoms with Gasteiger partial charge in [0.15, 0.2) is 0 Å². The highest BCUT2D eigenvalue weighted by atomic mass is 16.5. The SMILES string of the molecule is CCCC(=O)N[C@@H](CO[C@H]1CC(C)(C)C[C@H](O)[C@H](O)[C@H]1O)[C@H](O)[C@H](O)CC. The smallest absolute Gasteiger partial charge is 0.220 e. The number of carbonyl (C=O) groups excluding carboxylic acids is 1. The van der Waals surface area contributed by atoms with E-state index in [4.69, 9.17) is 4.74 Å². The summed E-state index contributed by atoms with van der Waals surface area (Å²) >= 11 is 0. The van der Waals surface area contributed by atoms with E-state index in [1.165, 1.54) is 0 Å². The minimum Gasteiger partial charge on any atom is -0.390 e. The number of aliphatic hydroxyl groups is 5. The molecule has 0 radical (unpaired) electrons. The van der Waals surface area contributed by atoms with Gasteiger partial charge in [-0.2, -0.15) is 0 Å². The molecule has 8 nitrogen and oxygen atoms in total. The van der Waals surface area contributed by atoms with Crippen LogP contribution >= 0.6 is 0 Å². The first kappa shape index (κ1) is 24.3. The number of amides is 1. The predicted octanol–water partition coefficient (Wildman–Crippen LogP) is -0.309. The van der Waals surface area contributed by atoms with Crippen LogP contribution in [0.4, 0.5) is 0 Å². The second-order valence-corrected chi connectivity index (χ2v) is 8.38. The van der Waals surface area contributed by atoms with Crippen molar-refractivity contribution in [3.05, 3.63) is 0 Å². The average Bonchev–Trinajstić information content (AvgIpc) is 2.67. The van der Waals surface area contributed by atoms with E-state index in [1.807, 2.05) is 20.8 Å². The molecule has 6 N–H and O–H groups in total. The number of carbonyl (C=O) groups is 1. The number of hydrogen-bond acceptors (Lipinski definition) is 7. The van der Waals surface area contributed by atoms with E-state index >= 15 is 0 Å². The van der Waals surface area contributed by atoms with Crippen LogP contribution in [0.5, 0.6) is 0 Å². The van der Waals surface area contributed by atoms with Crippen molar-refractivity contribution in [3.8, 4) is 0 Å². The summed E-state index contributed by atoms with van der Waals surface area (Å²) in [5, 5.41) is 53.5. The highest BCUT2D eigenvalue weighted by Gasteiger charge is 2.42. The summed E-state index contributed by atoms with van der Waals surface area (Å²) in [6, 6.07) is -0.848. The second-order valence-electron chi connectivity index (χ2n) is 8.38. The standard InChI is InChI=1S/C19H37NO7/c1-5-7-15(23)20-11(16(24)12(21)6-2)10-27-14-9-19(3,4)8-13(22)17(25)18(14)26/h11-14,16-18,21-22,24-26H,5-10H2,1-4H3,(H,20,23)/t11-,12+,13-,14-,16-,17-,18-/m0/s1. The lowest BCUT2D eigenvalue weighted by molar-refractivity contribution is -0.133. The molecule has 1 saturated carbocycles. The van der Waals surface area contributed by atoms with Crippen LogP contribution in [0.1, 0.15) is 59.8 Å². The van der Waals surface area contributed by atoms with Gasteiger partial charge < -0.3 is 35.6 Å². The summed E-state index contributed by atoms with van der Waals surface area (Å²) in [4.78, 5) is 12.0. The van der Waals surface area contributed by atoms with Crippen molar-refractivity contribution in [3.63, 3.8) is 0 Å². The molecule has 160 valence electrons. The van der Waals surface area contributed by atoms with Crippen molar-refractivity contribution in [2.24, 2.45) is 5.41 Å². The van der Waals surface area contributed by atoms with Gasteiger partial charge in [-0.1, -0.05) is 27.7 Å². The fourth-order valence-corrected chi connectivity index (χ4v) is 3.51. The molecule has 1 rings (SSSR count). The minimum atomic E-state index is -1.34. The third-order valence-electron chi connectivity index (χ3n) is 5.18. The lowest BCUT2D eigenvalue weighted by Crippen LogP contribution is -2.52. The zero-order valence-electron chi connectivity index (χ0n) is 16.8. The molecule has 0 aromatic rings.